The molecule has 0 aliphatic heterocycles. The Bertz CT molecular complexity index is 762. The fourth-order valence-electron chi connectivity index (χ4n) is 2.22. The normalized spacial score (nSPS) is 12.3. The lowest BCUT2D eigenvalue weighted by molar-refractivity contribution is 0.0912. The van der Waals surface area contributed by atoms with Gasteiger partial charge in [-0.2, -0.15) is 0 Å². The van der Waals surface area contributed by atoms with Gasteiger partial charge in [-0.1, -0.05) is 12.1 Å². The zero-order valence-corrected chi connectivity index (χ0v) is 12.0. The zero-order chi connectivity index (χ0) is 15.5. The number of rotatable bonds is 5. The predicted molar refractivity (Wildman–Crippen MR) is 80.9 cm³/mol. The van der Waals surface area contributed by atoms with Crippen molar-refractivity contribution in [3.8, 4) is 5.75 Å². The van der Waals surface area contributed by atoms with E-state index in [0.717, 1.165) is 5.52 Å². The average molecular weight is 300 g/mol. The van der Waals surface area contributed by atoms with Gasteiger partial charge in [0, 0.05) is 18.7 Å². The molecule has 0 saturated heterocycles. The Morgan fingerprint density at radius 3 is 3.05 bits per heavy atom. The number of carbonyl (C=O) groups excluding carboxylic acids is 1. The number of benzene rings is 1. The standard InChI is InChI=1S/C16H16N2O4/c1-21-11-4-2-3-10(7-11)14(19)9-17-16(20)13-8-15-12(18-13)5-6-22-15/h2-8,14,18-19H,9H2,1H3,(H,17,20). The van der Waals surface area contributed by atoms with Crippen molar-refractivity contribution in [1.82, 2.24) is 10.3 Å². The quantitative estimate of drug-likeness (QED) is 0.674. The van der Waals surface area contributed by atoms with Crippen molar-refractivity contribution in [2.45, 2.75) is 6.10 Å². The monoisotopic (exact) mass is 300 g/mol. The third kappa shape index (κ3) is 2.82. The molecule has 1 aromatic carbocycles. The Morgan fingerprint density at radius 2 is 2.27 bits per heavy atom. The van der Waals surface area contributed by atoms with Crippen LogP contribution in [0, 0.1) is 0 Å². The van der Waals surface area contributed by atoms with Gasteiger partial charge < -0.3 is 24.6 Å². The second-order valence-corrected chi connectivity index (χ2v) is 4.88. The topological polar surface area (TPSA) is 87.5 Å². The van der Waals surface area contributed by atoms with Crippen LogP contribution in [-0.4, -0.2) is 29.7 Å². The van der Waals surface area contributed by atoms with E-state index in [-0.39, 0.29) is 12.5 Å². The first-order valence-corrected chi connectivity index (χ1v) is 6.84. The van der Waals surface area contributed by atoms with Gasteiger partial charge in [0.05, 0.1) is 25.0 Å². The summed E-state index contributed by atoms with van der Waals surface area (Å²) in [4.78, 5) is 15.0. The van der Waals surface area contributed by atoms with E-state index in [9.17, 15) is 9.90 Å². The van der Waals surface area contributed by atoms with Crippen molar-refractivity contribution in [3.05, 3.63) is 53.9 Å². The Labute approximate surface area is 126 Å². The van der Waals surface area contributed by atoms with Crippen LogP contribution in [0.1, 0.15) is 22.2 Å². The lowest BCUT2D eigenvalue weighted by Crippen LogP contribution is -2.28. The number of nitrogens with one attached hydrogen (secondary N) is 2. The molecule has 2 aromatic heterocycles. The lowest BCUT2D eigenvalue weighted by Gasteiger charge is -2.12. The minimum atomic E-state index is -0.808. The molecule has 0 aliphatic rings. The first kappa shape index (κ1) is 14.2. The molecule has 6 heteroatoms. The molecule has 6 nitrogen and oxygen atoms in total. The van der Waals surface area contributed by atoms with Crippen LogP contribution in [0.3, 0.4) is 0 Å². The molecule has 0 radical (unpaired) electrons. The molecular weight excluding hydrogens is 284 g/mol. The summed E-state index contributed by atoms with van der Waals surface area (Å²) in [6.45, 7) is 0.104. The number of hydrogen-bond donors (Lipinski definition) is 3. The summed E-state index contributed by atoms with van der Waals surface area (Å²) >= 11 is 0. The van der Waals surface area contributed by atoms with Crippen LogP contribution in [-0.2, 0) is 0 Å². The summed E-state index contributed by atoms with van der Waals surface area (Å²) in [6, 6.07) is 10.5. The van der Waals surface area contributed by atoms with Crippen LogP contribution in [0.2, 0.25) is 0 Å². The number of methoxy groups -OCH3 is 1. The van der Waals surface area contributed by atoms with Crippen molar-refractivity contribution in [3.63, 3.8) is 0 Å². The van der Waals surface area contributed by atoms with Crippen molar-refractivity contribution >= 4 is 17.0 Å². The minimum Gasteiger partial charge on any atom is -0.497 e. The second kappa shape index (κ2) is 5.95. The molecule has 3 aromatic rings. The van der Waals surface area contributed by atoms with Crippen LogP contribution < -0.4 is 10.1 Å². The third-order valence-corrected chi connectivity index (χ3v) is 3.42. The fraction of sp³-hybridized carbons (Fsp3) is 0.188. The summed E-state index contributed by atoms with van der Waals surface area (Å²) in [5.74, 6) is 0.362. The highest BCUT2D eigenvalue weighted by molar-refractivity contribution is 5.96. The molecule has 2 heterocycles. The Balaban J connectivity index is 1.63. The van der Waals surface area contributed by atoms with E-state index in [1.165, 1.54) is 0 Å². The summed E-state index contributed by atoms with van der Waals surface area (Å²) < 4.78 is 10.3. The van der Waals surface area contributed by atoms with Crippen LogP contribution in [0.4, 0.5) is 0 Å². The molecule has 1 unspecified atom stereocenters. The van der Waals surface area contributed by atoms with Crippen LogP contribution >= 0.6 is 0 Å². The molecule has 3 rings (SSSR count). The third-order valence-electron chi connectivity index (χ3n) is 3.42. The Morgan fingerprint density at radius 1 is 1.41 bits per heavy atom. The van der Waals surface area contributed by atoms with Crippen molar-refractivity contribution in [1.29, 1.82) is 0 Å². The highest BCUT2D eigenvalue weighted by atomic mass is 16.5. The molecule has 0 aliphatic carbocycles. The van der Waals surface area contributed by atoms with E-state index >= 15 is 0 Å². The predicted octanol–water partition coefficient (Wildman–Crippen LogP) is 2.23. The van der Waals surface area contributed by atoms with Crippen LogP contribution in [0.25, 0.3) is 11.1 Å². The van der Waals surface area contributed by atoms with Crippen molar-refractivity contribution in [2.24, 2.45) is 0 Å². The highest BCUT2D eigenvalue weighted by Gasteiger charge is 2.14. The van der Waals surface area contributed by atoms with Gasteiger partial charge in [0.25, 0.3) is 5.91 Å². The molecule has 0 fully saturated rings. The Kier molecular flexibility index (Phi) is 3.84. The number of aliphatic hydroxyl groups excluding tert-OH is 1. The van der Waals surface area contributed by atoms with Gasteiger partial charge in [0.1, 0.15) is 11.4 Å². The molecule has 0 saturated carbocycles. The summed E-state index contributed by atoms with van der Waals surface area (Å²) in [7, 11) is 1.56. The van der Waals surface area contributed by atoms with Gasteiger partial charge in [-0.3, -0.25) is 4.79 Å². The summed E-state index contributed by atoms with van der Waals surface area (Å²) in [6.07, 6.45) is 0.743. The first-order valence-electron chi connectivity index (χ1n) is 6.84. The number of H-pyrrole nitrogens is 1. The maximum atomic E-state index is 12.1. The maximum absolute atomic E-state index is 12.1. The minimum absolute atomic E-state index is 0.104. The van der Waals surface area contributed by atoms with Gasteiger partial charge in [-0.25, -0.2) is 0 Å². The number of ether oxygens (including phenoxy) is 1. The van der Waals surface area contributed by atoms with E-state index in [1.54, 1.807) is 49.8 Å². The molecule has 22 heavy (non-hydrogen) atoms. The fourth-order valence-corrected chi connectivity index (χ4v) is 2.22. The second-order valence-electron chi connectivity index (χ2n) is 4.88. The van der Waals surface area contributed by atoms with Crippen LogP contribution in [0.5, 0.6) is 5.75 Å². The average Bonchev–Trinajstić information content (AvgIpc) is 3.14. The molecule has 1 atom stereocenters. The SMILES string of the molecule is COc1cccc(C(O)CNC(=O)c2cc3occc3[nH]2)c1. The van der Waals surface area contributed by atoms with Gasteiger partial charge in [-0.15, -0.1) is 0 Å². The number of fused-ring (bicyclic) bond motifs is 1. The molecule has 114 valence electrons. The smallest absolute Gasteiger partial charge is 0.267 e. The first-order chi connectivity index (χ1) is 10.7. The van der Waals surface area contributed by atoms with Gasteiger partial charge >= 0.3 is 0 Å². The van der Waals surface area contributed by atoms with E-state index in [2.05, 4.69) is 10.3 Å². The number of aromatic nitrogens is 1. The lowest BCUT2D eigenvalue weighted by atomic mass is 10.1. The molecule has 0 spiro atoms. The maximum Gasteiger partial charge on any atom is 0.267 e. The van der Waals surface area contributed by atoms with E-state index < -0.39 is 6.10 Å². The molecule has 3 N–H and O–H groups in total. The zero-order valence-electron chi connectivity index (χ0n) is 12.0. The molecule has 1 amide bonds. The molecular formula is C16H16N2O4. The number of carbonyl (C=O) groups is 1. The van der Waals surface area contributed by atoms with E-state index in [0.29, 0.717) is 22.6 Å². The van der Waals surface area contributed by atoms with Crippen molar-refractivity contribution in [2.75, 3.05) is 13.7 Å². The number of amides is 1. The number of furan rings is 1. The number of hydrogen-bond acceptors (Lipinski definition) is 4. The highest BCUT2D eigenvalue weighted by Crippen LogP contribution is 2.19. The van der Waals surface area contributed by atoms with Gasteiger partial charge in [0.15, 0.2) is 5.58 Å². The number of aromatic amines is 1. The van der Waals surface area contributed by atoms with Gasteiger partial charge in [0.2, 0.25) is 0 Å². The van der Waals surface area contributed by atoms with E-state index in [4.69, 9.17) is 9.15 Å². The van der Waals surface area contributed by atoms with E-state index in [1.807, 2.05) is 0 Å². The largest absolute Gasteiger partial charge is 0.497 e. The van der Waals surface area contributed by atoms with Gasteiger partial charge in [-0.05, 0) is 17.7 Å². The summed E-state index contributed by atoms with van der Waals surface area (Å²) in [5.41, 5.74) is 2.46. The van der Waals surface area contributed by atoms with Crippen molar-refractivity contribution < 1.29 is 19.1 Å². The Hall–Kier alpha value is -2.73. The summed E-state index contributed by atoms with van der Waals surface area (Å²) in [5, 5.41) is 12.8. The van der Waals surface area contributed by atoms with Crippen LogP contribution in [0.15, 0.2) is 47.1 Å². The number of aliphatic hydroxyl groups is 1. The molecule has 0 bridgehead atoms.